The molecule has 1 aromatic rings. The van der Waals surface area contributed by atoms with Crippen molar-refractivity contribution in [3.63, 3.8) is 0 Å². The molecule has 1 saturated heterocycles. The summed E-state index contributed by atoms with van der Waals surface area (Å²) in [7, 11) is 1.59. The zero-order valence-corrected chi connectivity index (χ0v) is 13.3. The van der Waals surface area contributed by atoms with Gasteiger partial charge in [-0.05, 0) is 37.1 Å². The quantitative estimate of drug-likeness (QED) is 0.781. The Labute approximate surface area is 134 Å². The maximum absolute atomic E-state index is 12.1. The first-order chi connectivity index (χ1) is 10.9. The summed E-state index contributed by atoms with van der Waals surface area (Å²) in [5.41, 5.74) is 0.0548. The molecule has 1 heterocycles. The number of carboxylic acids is 1. The third kappa shape index (κ3) is 4.59. The molecule has 0 aliphatic carbocycles. The van der Waals surface area contributed by atoms with E-state index in [4.69, 9.17) is 19.3 Å². The third-order valence-electron chi connectivity index (χ3n) is 3.73. The highest BCUT2D eigenvalue weighted by molar-refractivity contribution is 5.79. The van der Waals surface area contributed by atoms with E-state index in [1.165, 1.54) is 0 Å². The Morgan fingerprint density at radius 1 is 1.43 bits per heavy atom. The smallest absolute Gasteiger partial charge is 0.305 e. The summed E-state index contributed by atoms with van der Waals surface area (Å²) < 4.78 is 15.8. The number of methoxy groups -OCH3 is 1. The first kappa shape index (κ1) is 17.1. The number of carboxylic acid groups (broad SMARTS) is 1. The molecule has 1 atom stereocenters. The van der Waals surface area contributed by atoms with Gasteiger partial charge in [-0.15, -0.1) is 0 Å². The van der Waals surface area contributed by atoms with Crippen molar-refractivity contribution >= 4 is 11.9 Å². The summed E-state index contributed by atoms with van der Waals surface area (Å²) in [4.78, 5) is 23.0. The minimum Gasteiger partial charge on any atom is -0.496 e. The van der Waals surface area contributed by atoms with Gasteiger partial charge in [0.15, 0.2) is 6.61 Å². The maximum atomic E-state index is 12.1. The van der Waals surface area contributed by atoms with E-state index in [-0.39, 0.29) is 25.5 Å². The van der Waals surface area contributed by atoms with E-state index in [9.17, 15) is 9.59 Å². The number of ether oxygens (including phenoxy) is 3. The first-order valence-electron chi connectivity index (χ1n) is 7.32. The molecule has 0 spiro atoms. The molecule has 2 rings (SSSR count). The second-order valence-corrected chi connectivity index (χ2v) is 5.62. The monoisotopic (exact) mass is 323 g/mol. The Kier molecular flexibility index (Phi) is 5.44. The summed E-state index contributed by atoms with van der Waals surface area (Å²) >= 11 is 0. The molecule has 7 heteroatoms. The average molecular weight is 323 g/mol. The Hall–Kier alpha value is -2.28. The van der Waals surface area contributed by atoms with Gasteiger partial charge in [-0.25, -0.2) is 0 Å². The Morgan fingerprint density at radius 3 is 2.78 bits per heavy atom. The fourth-order valence-electron chi connectivity index (χ4n) is 2.60. The zero-order valence-electron chi connectivity index (χ0n) is 13.3. The van der Waals surface area contributed by atoms with Crippen LogP contribution in [0, 0.1) is 6.92 Å². The van der Waals surface area contributed by atoms with E-state index in [1.807, 2.05) is 6.92 Å². The summed E-state index contributed by atoms with van der Waals surface area (Å²) in [6, 6.07) is 5.25. The van der Waals surface area contributed by atoms with Crippen molar-refractivity contribution in [1.82, 2.24) is 5.32 Å². The molecule has 1 aliphatic rings. The van der Waals surface area contributed by atoms with Gasteiger partial charge < -0.3 is 24.6 Å². The number of aliphatic carboxylic acids is 1. The minimum atomic E-state index is -0.970. The van der Waals surface area contributed by atoms with E-state index in [0.717, 1.165) is 11.3 Å². The van der Waals surface area contributed by atoms with Gasteiger partial charge in [0.2, 0.25) is 0 Å². The van der Waals surface area contributed by atoms with Crippen molar-refractivity contribution in [3.8, 4) is 11.5 Å². The van der Waals surface area contributed by atoms with Gasteiger partial charge in [0.1, 0.15) is 11.5 Å². The fraction of sp³-hybridized carbons (Fsp3) is 0.500. The summed E-state index contributed by atoms with van der Waals surface area (Å²) in [6.07, 6.45) is 0.313. The Morgan fingerprint density at radius 2 is 2.22 bits per heavy atom. The number of carbonyl (C=O) groups excluding carboxylic acids is 1. The van der Waals surface area contributed by atoms with Crippen molar-refractivity contribution in [1.29, 1.82) is 0 Å². The van der Waals surface area contributed by atoms with Gasteiger partial charge in [-0.2, -0.15) is 0 Å². The molecule has 1 fully saturated rings. The van der Waals surface area contributed by atoms with Crippen LogP contribution >= 0.6 is 0 Å². The molecule has 0 bridgehead atoms. The average Bonchev–Trinajstić information content (AvgIpc) is 2.92. The highest BCUT2D eigenvalue weighted by Gasteiger charge is 2.38. The molecule has 1 aromatic carbocycles. The van der Waals surface area contributed by atoms with Gasteiger partial charge in [0, 0.05) is 6.61 Å². The number of aryl methyl sites for hydroxylation is 1. The summed E-state index contributed by atoms with van der Waals surface area (Å²) in [5.74, 6) is -0.0496. The lowest BCUT2D eigenvalue weighted by Crippen LogP contribution is -2.51. The topological polar surface area (TPSA) is 94.1 Å². The molecular weight excluding hydrogens is 302 g/mol. The maximum Gasteiger partial charge on any atom is 0.305 e. The number of amides is 1. The largest absolute Gasteiger partial charge is 0.496 e. The van der Waals surface area contributed by atoms with E-state index in [0.29, 0.717) is 18.8 Å². The van der Waals surface area contributed by atoms with Crippen LogP contribution in [0.25, 0.3) is 0 Å². The molecular formula is C16H21NO6. The van der Waals surface area contributed by atoms with E-state index in [2.05, 4.69) is 5.32 Å². The van der Waals surface area contributed by atoms with Crippen LogP contribution in [0.3, 0.4) is 0 Å². The second kappa shape index (κ2) is 7.32. The molecule has 0 radical (unpaired) electrons. The number of hydrogen-bond acceptors (Lipinski definition) is 5. The predicted octanol–water partition coefficient (Wildman–Crippen LogP) is 1.13. The van der Waals surface area contributed by atoms with Gasteiger partial charge in [0.25, 0.3) is 5.91 Å². The molecule has 23 heavy (non-hydrogen) atoms. The second-order valence-electron chi connectivity index (χ2n) is 5.62. The van der Waals surface area contributed by atoms with Gasteiger partial charge in [-0.3, -0.25) is 9.59 Å². The van der Waals surface area contributed by atoms with Crippen LogP contribution in [-0.2, 0) is 14.3 Å². The molecule has 0 aromatic heterocycles. The lowest BCUT2D eigenvalue weighted by atomic mass is 9.94. The first-order valence-corrected chi connectivity index (χ1v) is 7.32. The van der Waals surface area contributed by atoms with Crippen LogP contribution < -0.4 is 14.8 Å². The number of rotatable bonds is 7. The number of benzene rings is 1. The van der Waals surface area contributed by atoms with Crippen LogP contribution in [-0.4, -0.2) is 49.5 Å². The van der Waals surface area contributed by atoms with Crippen LogP contribution in [0.5, 0.6) is 11.5 Å². The van der Waals surface area contributed by atoms with Gasteiger partial charge >= 0.3 is 5.97 Å². The van der Waals surface area contributed by atoms with Crippen LogP contribution in [0.4, 0.5) is 0 Å². The van der Waals surface area contributed by atoms with Crippen molar-refractivity contribution < 1.29 is 28.9 Å². The number of hydrogen-bond donors (Lipinski definition) is 2. The molecule has 2 N–H and O–H groups in total. The lowest BCUT2D eigenvalue weighted by molar-refractivity contribution is -0.139. The normalized spacial score (nSPS) is 20.1. The highest BCUT2D eigenvalue weighted by atomic mass is 16.5. The third-order valence-corrected chi connectivity index (χ3v) is 3.73. The van der Waals surface area contributed by atoms with Crippen molar-refractivity contribution in [2.45, 2.75) is 25.3 Å². The Balaban J connectivity index is 1.91. The number of nitrogens with one attached hydrogen (secondary N) is 1. The predicted molar refractivity (Wildman–Crippen MR) is 81.8 cm³/mol. The SMILES string of the molecule is COc1ccc(OCC(=O)NC2(CC(=O)O)CCOC2)cc1C. The van der Waals surface area contributed by atoms with Gasteiger partial charge in [0.05, 0.1) is 25.7 Å². The minimum absolute atomic E-state index is 0.166. The van der Waals surface area contributed by atoms with Crippen molar-refractivity contribution in [3.05, 3.63) is 23.8 Å². The molecule has 1 amide bonds. The molecule has 1 unspecified atom stereocenters. The van der Waals surface area contributed by atoms with E-state index in [1.54, 1.807) is 25.3 Å². The standard InChI is InChI=1S/C16H21NO6/c1-11-7-12(3-4-13(11)21-2)23-9-14(18)17-16(8-15(19)20)5-6-22-10-16/h3-4,7H,5-6,8-10H2,1-2H3,(H,17,18)(H,19,20). The highest BCUT2D eigenvalue weighted by Crippen LogP contribution is 2.24. The molecule has 1 aliphatic heterocycles. The van der Waals surface area contributed by atoms with E-state index >= 15 is 0 Å². The number of carbonyl (C=O) groups is 2. The lowest BCUT2D eigenvalue weighted by Gasteiger charge is -2.26. The van der Waals surface area contributed by atoms with Crippen LogP contribution in [0.2, 0.25) is 0 Å². The molecule has 7 nitrogen and oxygen atoms in total. The van der Waals surface area contributed by atoms with Crippen molar-refractivity contribution in [2.24, 2.45) is 0 Å². The zero-order chi connectivity index (χ0) is 16.9. The molecule has 0 saturated carbocycles. The van der Waals surface area contributed by atoms with Crippen LogP contribution in [0.1, 0.15) is 18.4 Å². The van der Waals surface area contributed by atoms with Gasteiger partial charge in [-0.1, -0.05) is 0 Å². The summed E-state index contributed by atoms with van der Waals surface area (Å²) in [6.45, 7) is 2.33. The molecule has 126 valence electrons. The summed E-state index contributed by atoms with van der Waals surface area (Å²) in [5, 5.41) is 11.7. The van der Waals surface area contributed by atoms with Crippen LogP contribution in [0.15, 0.2) is 18.2 Å². The van der Waals surface area contributed by atoms with E-state index < -0.39 is 11.5 Å². The Bertz CT molecular complexity index is 580. The van der Waals surface area contributed by atoms with Crippen molar-refractivity contribution in [2.75, 3.05) is 26.9 Å². The fourth-order valence-corrected chi connectivity index (χ4v) is 2.60.